The van der Waals surface area contributed by atoms with Crippen molar-refractivity contribution in [3.63, 3.8) is 0 Å². The molecule has 0 spiro atoms. The molecule has 0 bridgehead atoms. The summed E-state index contributed by atoms with van der Waals surface area (Å²) in [4.78, 5) is 2.39. The van der Waals surface area contributed by atoms with Crippen LogP contribution in [0.5, 0.6) is 5.75 Å². The Balaban J connectivity index is 1.66. The summed E-state index contributed by atoms with van der Waals surface area (Å²) < 4.78 is 5.64. The van der Waals surface area contributed by atoms with E-state index in [1.54, 1.807) is 6.07 Å². The van der Waals surface area contributed by atoms with Crippen molar-refractivity contribution in [3.8, 4) is 5.75 Å². The van der Waals surface area contributed by atoms with E-state index in [1.807, 2.05) is 24.3 Å². The van der Waals surface area contributed by atoms with Crippen molar-refractivity contribution in [1.29, 1.82) is 0 Å². The molecule has 1 aromatic heterocycles. The summed E-state index contributed by atoms with van der Waals surface area (Å²) in [6.07, 6.45) is 4.50. The molecule has 0 unspecified atom stereocenters. The van der Waals surface area contributed by atoms with E-state index in [9.17, 15) is 5.11 Å². The highest BCUT2D eigenvalue weighted by Crippen LogP contribution is 2.31. The highest BCUT2D eigenvalue weighted by Gasteiger charge is 2.19. The molecule has 1 aliphatic heterocycles. The molecule has 4 heteroatoms. The average molecular weight is 322 g/mol. The van der Waals surface area contributed by atoms with E-state index in [0.717, 1.165) is 48.3 Å². The SMILES string of the molecule is Oc1ccc2c(Cc3ccccc3)noc2c1CN1CCCCC1. The molecule has 1 aliphatic rings. The molecule has 1 N–H and O–H groups in total. The first kappa shape index (κ1) is 15.2. The second-order valence-corrected chi connectivity index (χ2v) is 6.57. The Morgan fingerprint density at radius 3 is 2.58 bits per heavy atom. The number of benzene rings is 2. The summed E-state index contributed by atoms with van der Waals surface area (Å²) in [5, 5.41) is 15.6. The third-order valence-corrected chi connectivity index (χ3v) is 4.84. The van der Waals surface area contributed by atoms with E-state index in [-0.39, 0.29) is 0 Å². The van der Waals surface area contributed by atoms with Gasteiger partial charge in [0.25, 0.3) is 0 Å². The second-order valence-electron chi connectivity index (χ2n) is 6.57. The molecule has 4 nitrogen and oxygen atoms in total. The Morgan fingerprint density at radius 2 is 1.79 bits per heavy atom. The Kier molecular flexibility index (Phi) is 4.22. The van der Waals surface area contributed by atoms with Gasteiger partial charge in [-0.1, -0.05) is 41.9 Å². The summed E-state index contributed by atoms with van der Waals surface area (Å²) in [5.74, 6) is 0.301. The number of aromatic hydroxyl groups is 1. The van der Waals surface area contributed by atoms with E-state index >= 15 is 0 Å². The van der Waals surface area contributed by atoms with Crippen molar-refractivity contribution in [2.24, 2.45) is 0 Å². The van der Waals surface area contributed by atoms with Gasteiger partial charge in [0, 0.05) is 18.4 Å². The normalized spacial score (nSPS) is 15.8. The van der Waals surface area contributed by atoms with Crippen LogP contribution in [0.1, 0.15) is 36.1 Å². The van der Waals surface area contributed by atoms with Crippen LogP contribution in [0.2, 0.25) is 0 Å². The minimum atomic E-state index is 0.301. The fourth-order valence-electron chi connectivity index (χ4n) is 3.51. The monoisotopic (exact) mass is 322 g/mol. The average Bonchev–Trinajstić information content (AvgIpc) is 3.02. The first-order valence-corrected chi connectivity index (χ1v) is 8.66. The molecular weight excluding hydrogens is 300 g/mol. The van der Waals surface area contributed by atoms with Gasteiger partial charge >= 0.3 is 0 Å². The molecule has 1 fully saturated rings. The van der Waals surface area contributed by atoms with Gasteiger partial charge in [0.05, 0.1) is 11.3 Å². The van der Waals surface area contributed by atoms with E-state index in [1.165, 1.54) is 24.8 Å². The third kappa shape index (κ3) is 3.02. The summed E-state index contributed by atoms with van der Waals surface area (Å²) in [7, 11) is 0. The number of fused-ring (bicyclic) bond motifs is 1. The number of rotatable bonds is 4. The van der Waals surface area contributed by atoms with Crippen LogP contribution in [-0.4, -0.2) is 28.3 Å². The number of likely N-dealkylation sites (tertiary alicyclic amines) is 1. The molecule has 2 heterocycles. The predicted octanol–water partition coefficient (Wildman–Crippen LogP) is 4.11. The van der Waals surface area contributed by atoms with Crippen LogP contribution in [-0.2, 0) is 13.0 Å². The molecule has 0 atom stereocenters. The first-order valence-electron chi connectivity index (χ1n) is 8.66. The molecule has 24 heavy (non-hydrogen) atoms. The van der Waals surface area contributed by atoms with Crippen molar-refractivity contribution in [3.05, 3.63) is 59.3 Å². The van der Waals surface area contributed by atoms with Gasteiger partial charge in [0.1, 0.15) is 5.75 Å². The maximum atomic E-state index is 10.3. The number of piperidine rings is 1. The Labute approximate surface area is 141 Å². The fourth-order valence-corrected chi connectivity index (χ4v) is 3.51. The van der Waals surface area contributed by atoms with Crippen LogP contribution in [0.25, 0.3) is 11.0 Å². The summed E-state index contributed by atoms with van der Waals surface area (Å²) >= 11 is 0. The largest absolute Gasteiger partial charge is 0.507 e. The predicted molar refractivity (Wildman–Crippen MR) is 94.0 cm³/mol. The van der Waals surface area contributed by atoms with Gasteiger partial charge in [-0.3, -0.25) is 4.90 Å². The summed E-state index contributed by atoms with van der Waals surface area (Å²) in [5.41, 5.74) is 3.72. The molecule has 0 radical (unpaired) electrons. The number of hydrogen-bond acceptors (Lipinski definition) is 4. The third-order valence-electron chi connectivity index (χ3n) is 4.84. The fraction of sp³-hybridized carbons (Fsp3) is 0.350. The van der Waals surface area contributed by atoms with E-state index in [4.69, 9.17) is 4.52 Å². The molecule has 4 rings (SSSR count). The number of aromatic nitrogens is 1. The quantitative estimate of drug-likeness (QED) is 0.785. The number of phenols is 1. The van der Waals surface area contributed by atoms with Crippen LogP contribution in [0.3, 0.4) is 0 Å². The lowest BCUT2D eigenvalue weighted by Crippen LogP contribution is -2.29. The van der Waals surface area contributed by atoms with Crippen LogP contribution < -0.4 is 0 Å². The molecule has 1 saturated heterocycles. The van der Waals surface area contributed by atoms with Crippen LogP contribution in [0.15, 0.2) is 47.0 Å². The summed E-state index contributed by atoms with van der Waals surface area (Å²) in [6.45, 7) is 2.89. The van der Waals surface area contributed by atoms with Crippen molar-refractivity contribution in [2.75, 3.05) is 13.1 Å². The van der Waals surface area contributed by atoms with Gasteiger partial charge in [-0.15, -0.1) is 0 Å². The molecule has 124 valence electrons. The van der Waals surface area contributed by atoms with Crippen LogP contribution in [0.4, 0.5) is 0 Å². The number of hydrogen-bond donors (Lipinski definition) is 1. The van der Waals surface area contributed by atoms with Crippen molar-refractivity contribution < 1.29 is 9.63 Å². The second kappa shape index (κ2) is 6.65. The molecule has 0 saturated carbocycles. The smallest absolute Gasteiger partial charge is 0.175 e. The molecule has 3 aromatic rings. The van der Waals surface area contributed by atoms with Gasteiger partial charge < -0.3 is 9.63 Å². The van der Waals surface area contributed by atoms with Crippen LogP contribution in [0, 0.1) is 0 Å². The molecule has 0 amide bonds. The van der Waals surface area contributed by atoms with E-state index < -0.39 is 0 Å². The zero-order chi connectivity index (χ0) is 16.4. The lowest BCUT2D eigenvalue weighted by atomic mass is 10.0. The molecular formula is C20H22N2O2. The maximum Gasteiger partial charge on any atom is 0.175 e. The Morgan fingerprint density at radius 1 is 1.00 bits per heavy atom. The van der Waals surface area contributed by atoms with Crippen molar-refractivity contribution in [1.82, 2.24) is 10.1 Å². The lowest BCUT2D eigenvalue weighted by molar-refractivity contribution is 0.218. The minimum Gasteiger partial charge on any atom is -0.507 e. The van der Waals surface area contributed by atoms with Crippen molar-refractivity contribution >= 4 is 11.0 Å². The van der Waals surface area contributed by atoms with Crippen molar-refractivity contribution in [2.45, 2.75) is 32.2 Å². The van der Waals surface area contributed by atoms with Gasteiger partial charge in [-0.05, 0) is 43.6 Å². The van der Waals surface area contributed by atoms with Gasteiger partial charge in [0.15, 0.2) is 5.58 Å². The first-order chi connectivity index (χ1) is 11.8. The topological polar surface area (TPSA) is 49.5 Å². The Bertz CT molecular complexity index is 820. The minimum absolute atomic E-state index is 0.301. The maximum absolute atomic E-state index is 10.3. The van der Waals surface area contributed by atoms with Gasteiger partial charge in [-0.25, -0.2) is 0 Å². The number of phenolic OH excluding ortho intramolecular Hbond substituents is 1. The number of nitrogens with zero attached hydrogens (tertiary/aromatic N) is 2. The van der Waals surface area contributed by atoms with Crippen LogP contribution >= 0.6 is 0 Å². The summed E-state index contributed by atoms with van der Waals surface area (Å²) in [6, 6.07) is 14.0. The van der Waals surface area contributed by atoms with E-state index in [0.29, 0.717) is 5.75 Å². The standard InChI is InChI=1S/C20H22N2O2/c23-19-10-9-16-18(13-15-7-3-1-4-8-15)21-24-20(16)17(19)14-22-11-5-2-6-12-22/h1,3-4,7-10,23H,2,5-6,11-14H2. The lowest BCUT2D eigenvalue weighted by Gasteiger charge is -2.26. The zero-order valence-electron chi connectivity index (χ0n) is 13.7. The molecule has 0 aliphatic carbocycles. The highest BCUT2D eigenvalue weighted by molar-refractivity contribution is 5.84. The zero-order valence-corrected chi connectivity index (χ0v) is 13.7. The highest BCUT2D eigenvalue weighted by atomic mass is 16.5. The Hall–Kier alpha value is -2.33. The van der Waals surface area contributed by atoms with Gasteiger partial charge in [-0.2, -0.15) is 0 Å². The van der Waals surface area contributed by atoms with E-state index in [2.05, 4.69) is 22.2 Å². The molecule has 2 aromatic carbocycles. The van der Waals surface area contributed by atoms with Gasteiger partial charge in [0.2, 0.25) is 0 Å².